The number of para-hydroxylation sites is 1. The standard InChI is InChI=1S/C20H16FN5O/c21-16-7-5-14(6-8-16)9-11-23-19(27)18-10-12-24-20(26-18)25-17-4-2-1-3-15(17)13-22/h1-8,10,12H,9,11H2,(H,23,27)(H,24,25,26). The van der Waals surface area contributed by atoms with Gasteiger partial charge in [0, 0.05) is 12.7 Å². The van der Waals surface area contributed by atoms with Crippen molar-refractivity contribution in [2.45, 2.75) is 6.42 Å². The monoisotopic (exact) mass is 361 g/mol. The molecule has 2 N–H and O–H groups in total. The normalized spacial score (nSPS) is 10.1. The topological polar surface area (TPSA) is 90.7 Å². The van der Waals surface area contributed by atoms with E-state index in [0.29, 0.717) is 24.2 Å². The van der Waals surface area contributed by atoms with Crippen LogP contribution in [0.4, 0.5) is 16.0 Å². The van der Waals surface area contributed by atoms with Gasteiger partial charge in [-0.3, -0.25) is 4.79 Å². The van der Waals surface area contributed by atoms with Crippen LogP contribution in [0.3, 0.4) is 0 Å². The van der Waals surface area contributed by atoms with E-state index < -0.39 is 0 Å². The number of carbonyl (C=O) groups excluding carboxylic acids is 1. The van der Waals surface area contributed by atoms with Crippen LogP contribution in [0.25, 0.3) is 0 Å². The number of aromatic nitrogens is 2. The molecule has 0 unspecified atom stereocenters. The number of amides is 1. The fourth-order valence-electron chi connectivity index (χ4n) is 2.42. The third kappa shape index (κ3) is 4.86. The first-order chi connectivity index (χ1) is 13.2. The predicted molar refractivity (Wildman–Crippen MR) is 98.9 cm³/mol. The van der Waals surface area contributed by atoms with Gasteiger partial charge in [0.25, 0.3) is 5.91 Å². The summed E-state index contributed by atoms with van der Waals surface area (Å²) in [5.74, 6) is -0.401. The number of nitriles is 1. The Bertz CT molecular complexity index is 982. The highest BCUT2D eigenvalue weighted by Gasteiger charge is 2.10. The lowest BCUT2D eigenvalue weighted by molar-refractivity contribution is 0.0949. The number of nitrogens with zero attached hydrogens (tertiary/aromatic N) is 3. The fourth-order valence-corrected chi connectivity index (χ4v) is 2.42. The Morgan fingerprint density at radius 3 is 2.67 bits per heavy atom. The molecule has 1 amide bonds. The molecule has 0 aliphatic carbocycles. The van der Waals surface area contributed by atoms with Gasteiger partial charge in [-0.25, -0.2) is 14.4 Å². The molecular formula is C20H16FN5O. The first-order valence-electron chi connectivity index (χ1n) is 8.27. The van der Waals surface area contributed by atoms with Crippen molar-refractivity contribution < 1.29 is 9.18 Å². The summed E-state index contributed by atoms with van der Waals surface area (Å²) in [6.07, 6.45) is 2.05. The molecule has 1 heterocycles. The van der Waals surface area contributed by atoms with E-state index in [0.717, 1.165) is 5.56 Å². The third-order valence-corrected chi connectivity index (χ3v) is 3.79. The van der Waals surface area contributed by atoms with E-state index in [1.165, 1.54) is 24.4 Å². The van der Waals surface area contributed by atoms with Crippen molar-refractivity contribution in [1.29, 1.82) is 5.26 Å². The number of rotatable bonds is 6. The Morgan fingerprint density at radius 1 is 1.11 bits per heavy atom. The van der Waals surface area contributed by atoms with Crippen LogP contribution in [0.2, 0.25) is 0 Å². The summed E-state index contributed by atoms with van der Waals surface area (Å²) in [5, 5.41) is 14.8. The van der Waals surface area contributed by atoms with Crippen LogP contribution < -0.4 is 10.6 Å². The van der Waals surface area contributed by atoms with E-state index in [-0.39, 0.29) is 23.4 Å². The molecule has 0 saturated carbocycles. The fraction of sp³-hybridized carbons (Fsp3) is 0.100. The van der Waals surface area contributed by atoms with E-state index in [9.17, 15) is 9.18 Å². The van der Waals surface area contributed by atoms with Crippen LogP contribution in [0.5, 0.6) is 0 Å². The Hall–Kier alpha value is -3.79. The average Bonchev–Trinajstić information content (AvgIpc) is 2.70. The average molecular weight is 361 g/mol. The molecule has 0 fully saturated rings. The molecular weight excluding hydrogens is 345 g/mol. The third-order valence-electron chi connectivity index (χ3n) is 3.79. The van der Waals surface area contributed by atoms with Crippen LogP contribution in [0.1, 0.15) is 21.6 Å². The molecule has 0 spiro atoms. The highest BCUT2D eigenvalue weighted by molar-refractivity contribution is 5.92. The summed E-state index contributed by atoms with van der Waals surface area (Å²) in [5.41, 5.74) is 2.15. The Balaban J connectivity index is 1.61. The number of nitrogens with one attached hydrogen (secondary N) is 2. The van der Waals surface area contributed by atoms with E-state index in [1.54, 1.807) is 36.4 Å². The quantitative estimate of drug-likeness (QED) is 0.704. The SMILES string of the molecule is N#Cc1ccccc1Nc1nccc(C(=O)NCCc2ccc(F)cc2)n1. The Kier molecular flexibility index (Phi) is 5.70. The van der Waals surface area contributed by atoms with Gasteiger partial charge in [0.1, 0.15) is 17.6 Å². The molecule has 0 bridgehead atoms. The molecule has 27 heavy (non-hydrogen) atoms. The minimum Gasteiger partial charge on any atom is -0.350 e. The molecule has 3 rings (SSSR count). The van der Waals surface area contributed by atoms with Gasteiger partial charge in [-0.2, -0.15) is 5.26 Å². The van der Waals surface area contributed by atoms with Gasteiger partial charge in [-0.15, -0.1) is 0 Å². The summed E-state index contributed by atoms with van der Waals surface area (Å²) in [6, 6.07) is 16.7. The largest absolute Gasteiger partial charge is 0.350 e. The Labute approximate surface area is 155 Å². The highest BCUT2D eigenvalue weighted by atomic mass is 19.1. The van der Waals surface area contributed by atoms with Crippen molar-refractivity contribution in [3.8, 4) is 6.07 Å². The first-order valence-corrected chi connectivity index (χ1v) is 8.27. The minimum atomic E-state index is -0.337. The first kappa shape index (κ1) is 18.0. The van der Waals surface area contributed by atoms with Crippen LogP contribution in [-0.4, -0.2) is 22.4 Å². The molecule has 3 aromatic rings. The van der Waals surface area contributed by atoms with Gasteiger partial charge in [-0.05, 0) is 42.3 Å². The second-order valence-electron chi connectivity index (χ2n) is 5.68. The van der Waals surface area contributed by atoms with Crippen molar-refractivity contribution in [2.75, 3.05) is 11.9 Å². The van der Waals surface area contributed by atoms with Gasteiger partial charge >= 0.3 is 0 Å². The Morgan fingerprint density at radius 2 is 1.89 bits per heavy atom. The molecule has 0 saturated heterocycles. The van der Waals surface area contributed by atoms with Crippen molar-refractivity contribution in [3.63, 3.8) is 0 Å². The molecule has 134 valence electrons. The second-order valence-corrected chi connectivity index (χ2v) is 5.68. The molecule has 2 aromatic carbocycles. The summed E-state index contributed by atoms with van der Waals surface area (Å²) >= 11 is 0. The summed E-state index contributed by atoms with van der Waals surface area (Å²) in [6.45, 7) is 0.397. The van der Waals surface area contributed by atoms with Crippen LogP contribution in [-0.2, 0) is 6.42 Å². The minimum absolute atomic E-state index is 0.209. The molecule has 0 aliphatic rings. The summed E-state index contributed by atoms with van der Waals surface area (Å²) in [7, 11) is 0. The number of halogens is 1. The van der Waals surface area contributed by atoms with Gasteiger partial charge in [0.05, 0.1) is 11.3 Å². The summed E-state index contributed by atoms with van der Waals surface area (Å²) in [4.78, 5) is 20.5. The van der Waals surface area contributed by atoms with Gasteiger partial charge in [0.15, 0.2) is 0 Å². The van der Waals surface area contributed by atoms with Crippen LogP contribution >= 0.6 is 0 Å². The molecule has 6 nitrogen and oxygen atoms in total. The lowest BCUT2D eigenvalue weighted by atomic mass is 10.1. The summed E-state index contributed by atoms with van der Waals surface area (Å²) < 4.78 is 12.9. The zero-order valence-corrected chi connectivity index (χ0v) is 14.3. The van der Waals surface area contributed by atoms with Crippen LogP contribution in [0, 0.1) is 17.1 Å². The van der Waals surface area contributed by atoms with Crippen LogP contribution in [0.15, 0.2) is 60.8 Å². The highest BCUT2D eigenvalue weighted by Crippen LogP contribution is 2.17. The van der Waals surface area contributed by atoms with Gasteiger partial charge in [0.2, 0.25) is 5.95 Å². The molecule has 0 atom stereocenters. The van der Waals surface area contributed by atoms with Crippen molar-refractivity contribution in [2.24, 2.45) is 0 Å². The number of hydrogen-bond donors (Lipinski definition) is 2. The van der Waals surface area contributed by atoms with Crippen molar-refractivity contribution >= 4 is 17.5 Å². The van der Waals surface area contributed by atoms with Crippen molar-refractivity contribution in [3.05, 3.63) is 83.4 Å². The zero-order chi connectivity index (χ0) is 19.1. The lowest BCUT2D eigenvalue weighted by Crippen LogP contribution is -2.26. The van der Waals surface area contributed by atoms with E-state index >= 15 is 0 Å². The number of anilines is 2. The lowest BCUT2D eigenvalue weighted by Gasteiger charge is -2.08. The number of hydrogen-bond acceptors (Lipinski definition) is 5. The second kappa shape index (κ2) is 8.54. The van der Waals surface area contributed by atoms with E-state index in [1.807, 2.05) is 0 Å². The number of carbonyl (C=O) groups is 1. The molecule has 0 radical (unpaired) electrons. The van der Waals surface area contributed by atoms with E-state index in [2.05, 4.69) is 26.7 Å². The maximum Gasteiger partial charge on any atom is 0.270 e. The molecule has 0 aliphatic heterocycles. The van der Waals surface area contributed by atoms with E-state index in [4.69, 9.17) is 5.26 Å². The number of benzene rings is 2. The maximum atomic E-state index is 12.9. The zero-order valence-electron chi connectivity index (χ0n) is 14.3. The predicted octanol–water partition coefficient (Wildman–Crippen LogP) is 3.20. The maximum absolute atomic E-state index is 12.9. The van der Waals surface area contributed by atoms with Gasteiger partial charge < -0.3 is 10.6 Å². The van der Waals surface area contributed by atoms with Gasteiger partial charge in [-0.1, -0.05) is 24.3 Å². The smallest absolute Gasteiger partial charge is 0.270 e. The van der Waals surface area contributed by atoms with Crippen molar-refractivity contribution in [1.82, 2.24) is 15.3 Å². The molecule has 7 heteroatoms. The molecule has 1 aromatic heterocycles.